The fourth-order valence-electron chi connectivity index (χ4n) is 7.43. The summed E-state index contributed by atoms with van der Waals surface area (Å²) in [7, 11) is 0. The zero-order chi connectivity index (χ0) is 33.8. The average molecular weight is 636 g/mol. The molecule has 2 aromatic heterocycles. The van der Waals surface area contributed by atoms with Gasteiger partial charge in [0.1, 0.15) is 6.07 Å². The lowest BCUT2D eigenvalue weighted by molar-refractivity contribution is 1.18. The van der Waals surface area contributed by atoms with Crippen molar-refractivity contribution in [2.24, 2.45) is 0 Å². The second kappa shape index (κ2) is 11.4. The molecule has 2 heterocycles. The van der Waals surface area contributed by atoms with Crippen molar-refractivity contribution in [2.45, 2.75) is 0 Å². The number of hydrogen-bond donors (Lipinski definition) is 0. The number of nitrogens with zero attached hydrogens (tertiary/aromatic N) is 5. The Labute approximate surface area is 287 Å². The summed E-state index contributed by atoms with van der Waals surface area (Å²) in [4.78, 5) is 0. The van der Waals surface area contributed by atoms with Gasteiger partial charge in [-0.2, -0.15) is 15.8 Å². The van der Waals surface area contributed by atoms with Crippen LogP contribution in [0.15, 0.2) is 152 Å². The van der Waals surface area contributed by atoms with Gasteiger partial charge >= 0.3 is 0 Å². The molecule has 5 heteroatoms. The van der Waals surface area contributed by atoms with Crippen LogP contribution in [0.2, 0.25) is 0 Å². The van der Waals surface area contributed by atoms with E-state index >= 15 is 0 Å². The van der Waals surface area contributed by atoms with Gasteiger partial charge in [0.15, 0.2) is 0 Å². The summed E-state index contributed by atoms with van der Waals surface area (Å²) in [6.45, 7) is 0. The highest BCUT2D eigenvalue weighted by Crippen LogP contribution is 2.39. The van der Waals surface area contributed by atoms with E-state index in [1.54, 1.807) is 0 Å². The smallest absolute Gasteiger partial charge is 0.101 e. The SMILES string of the molecule is N#Cc1ccc2c(c1)c1ccccc1n2-c1ccc(-c2cc(-c3ccccc3-n3c4ccccc4c4cccc(C#N)c43)ccc2C#N)cc1. The van der Waals surface area contributed by atoms with E-state index < -0.39 is 0 Å². The Hall–Kier alpha value is -7.39. The van der Waals surface area contributed by atoms with E-state index in [1.807, 2.05) is 78.9 Å². The van der Waals surface area contributed by atoms with Gasteiger partial charge in [0.05, 0.1) is 56.6 Å². The topological polar surface area (TPSA) is 81.2 Å². The molecular formula is C45H25N5. The number of rotatable bonds is 4. The second-order valence-electron chi connectivity index (χ2n) is 12.3. The molecule has 0 aliphatic heterocycles. The standard InChI is InChI=1S/C45H25N5/c46-26-29-16-23-44-40(24-29)37-11-3-5-14-42(37)49(44)34-21-19-30(20-22-34)39-25-31(17-18-32(39)27-47)35-9-1-4-13-41(35)50-43-15-6-2-10-36(43)38-12-7-8-33(28-48)45(38)50/h1-25H. The molecule has 0 bridgehead atoms. The lowest BCUT2D eigenvalue weighted by atomic mass is 9.94. The maximum absolute atomic E-state index is 10.2. The number of hydrogen-bond acceptors (Lipinski definition) is 3. The van der Waals surface area contributed by atoms with Gasteiger partial charge in [-0.3, -0.25) is 0 Å². The van der Waals surface area contributed by atoms with E-state index in [2.05, 4.69) is 100 Å². The Morgan fingerprint density at radius 2 is 1.04 bits per heavy atom. The quantitative estimate of drug-likeness (QED) is 0.193. The summed E-state index contributed by atoms with van der Waals surface area (Å²) < 4.78 is 4.41. The van der Waals surface area contributed by atoms with E-state index in [-0.39, 0.29) is 0 Å². The third-order valence-corrected chi connectivity index (χ3v) is 9.65. The van der Waals surface area contributed by atoms with Crippen LogP contribution in [0.4, 0.5) is 0 Å². The van der Waals surface area contributed by atoms with Crippen molar-refractivity contribution in [2.75, 3.05) is 0 Å². The van der Waals surface area contributed by atoms with E-state index in [1.165, 1.54) is 0 Å². The minimum atomic E-state index is 0.587. The summed E-state index contributed by atoms with van der Waals surface area (Å²) >= 11 is 0. The molecule has 0 atom stereocenters. The second-order valence-corrected chi connectivity index (χ2v) is 12.3. The maximum Gasteiger partial charge on any atom is 0.101 e. The highest BCUT2D eigenvalue weighted by atomic mass is 15.0. The molecular weight excluding hydrogens is 611 g/mol. The van der Waals surface area contributed by atoms with Crippen LogP contribution in [0.5, 0.6) is 0 Å². The first kappa shape index (κ1) is 28.8. The number of aromatic nitrogens is 2. The normalized spacial score (nSPS) is 11.1. The first-order valence-electron chi connectivity index (χ1n) is 16.3. The molecule has 0 saturated heterocycles. The van der Waals surface area contributed by atoms with Crippen molar-refractivity contribution in [3.05, 3.63) is 168 Å². The predicted octanol–water partition coefficient (Wildman–Crippen LogP) is 10.8. The Morgan fingerprint density at radius 1 is 0.400 bits per heavy atom. The van der Waals surface area contributed by atoms with Crippen LogP contribution in [-0.2, 0) is 0 Å². The van der Waals surface area contributed by atoms with E-state index in [0.29, 0.717) is 16.7 Å². The third-order valence-electron chi connectivity index (χ3n) is 9.65. The van der Waals surface area contributed by atoms with E-state index in [9.17, 15) is 15.8 Å². The van der Waals surface area contributed by atoms with Crippen molar-refractivity contribution in [3.8, 4) is 51.8 Å². The monoisotopic (exact) mass is 635 g/mol. The summed E-state index contributed by atoms with van der Waals surface area (Å²) in [6, 6.07) is 57.8. The molecule has 0 N–H and O–H groups in total. The molecule has 0 amide bonds. The highest BCUT2D eigenvalue weighted by Gasteiger charge is 2.19. The molecule has 230 valence electrons. The van der Waals surface area contributed by atoms with Crippen LogP contribution in [0, 0.1) is 34.0 Å². The summed E-state index contributed by atoms with van der Waals surface area (Å²) in [5.41, 5.74) is 11.5. The lowest BCUT2D eigenvalue weighted by Gasteiger charge is -2.16. The van der Waals surface area contributed by atoms with Crippen molar-refractivity contribution in [1.29, 1.82) is 15.8 Å². The van der Waals surface area contributed by atoms with Gasteiger partial charge < -0.3 is 9.13 Å². The molecule has 0 aliphatic carbocycles. The maximum atomic E-state index is 10.2. The van der Waals surface area contributed by atoms with Crippen LogP contribution in [0.3, 0.4) is 0 Å². The molecule has 9 aromatic rings. The number of nitriles is 3. The minimum Gasteiger partial charge on any atom is -0.309 e. The van der Waals surface area contributed by atoms with Gasteiger partial charge in [-0.15, -0.1) is 0 Å². The predicted molar refractivity (Wildman–Crippen MR) is 200 cm³/mol. The van der Waals surface area contributed by atoms with Gasteiger partial charge in [0.2, 0.25) is 0 Å². The Bertz CT molecular complexity index is 2960. The number of fused-ring (bicyclic) bond motifs is 6. The lowest BCUT2D eigenvalue weighted by Crippen LogP contribution is -1.99. The zero-order valence-electron chi connectivity index (χ0n) is 26.7. The van der Waals surface area contributed by atoms with E-state index in [4.69, 9.17) is 0 Å². The first-order chi connectivity index (χ1) is 24.7. The van der Waals surface area contributed by atoms with Crippen molar-refractivity contribution in [3.63, 3.8) is 0 Å². The largest absolute Gasteiger partial charge is 0.309 e. The minimum absolute atomic E-state index is 0.587. The fourth-order valence-corrected chi connectivity index (χ4v) is 7.43. The fraction of sp³-hybridized carbons (Fsp3) is 0. The Kier molecular flexibility index (Phi) is 6.56. The first-order valence-corrected chi connectivity index (χ1v) is 16.3. The summed E-state index contributed by atoms with van der Waals surface area (Å²) in [5.74, 6) is 0. The van der Waals surface area contributed by atoms with Crippen LogP contribution in [0.25, 0.3) is 77.2 Å². The molecule has 0 radical (unpaired) electrons. The molecule has 0 spiro atoms. The van der Waals surface area contributed by atoms with Crippen LogP contribution in [0.1, 0.15) is 16.7 Å². The molecule has 0 fully saturated rings. The summed E-state index contributed by atoms with van der Waals surface area (Å²) in [5, 5.41) is 34.1. The van der Waals surface area contributed by atoms with Crippen LogP contribution in [-0.4, -0.2) is 9.13 Å². The van der Waals surface area contributed by atoms with Gasteiger partial charge in [-0.25, -0.2) is 0 Å². The molecule has 7 aromatic carbocycles. The van der Waals surface area contributed by atoms with E-state index in [0.717, 1.165) is 77.2 Å². The zero-order valence-corrected chi connectivity index (χ0v) is 26.7. The van der Waals surface area contributed by atoms with Crippen LogP contribution < -0.4 is 0 Å². The molecule has 0 saturated carbocycles. The third kappa shape index (κ3) is 4.31. The van der Waals surface area contributed by atoms with Gasteiger partial charge in [-0.1, -0.05) is 84.9 Å². The molecule has 0 unspecified atom stereocenters. The molecule has 9 rings (SSSR count). The average Bonchev–Trinajstić information content (AvgIpc) is 3.70. The number of para-hydroxylation sites is 4. The molecule has 5 nitrogen and oxygen atoms in total. The Balaban J connectivity index is 1.20. The van der Waals surface area contributed by atoms with Crippen LogP contribution >= 0.6 is 0 Å². The molecule has 0 aliphatic rings. The Morgan fingerprint density at radius 3 is 1.80 bits per heavy atom. The summed E-state index contributed by atoms with van der Waals surface area (Å²) in [6.07, 6.45) is 0. The van der Waals surface area contributed by atoms with Crippen molar-refractivity contribution >= 4 is 43.6 Å². The number of benzene rings is 7. The van der Waals surface area contributed by atoms with Crippen molar-refractivity contribution < 1.29 is 0 Å². The highest BCUT2D eigenvalue weighted by molar-refractivity contribution is 6.12. The van der Waals surface area contributed by atoms with Gasteiger partial charge in [-0.05, 0) is 77.9 Å². The van der Waals surface area contributed by atoms with Gasteiger partial charge in [0.25, 0.3) is 0 Å². The van der Waals surface area contributed by atoms with Gasteiger partial charge in [0, 0.05) is 38.4 Å². The molecule has 50 heavy (non-hydrogen) atoms. The van der Waals surface area contributed by atoms with Crippen molar-refractivity contribution in [1.82, 2.24) is 9.13 Å².